The normalized spacial score (nSPS) is 18.2. The summed E-state index contributed by atoms with van der Waals surface area (Å²) in [4.78, 5) is 26.3. The number of nitrogens with zero attached hydrogens (tertiary/aromatic N) is 3. The lowest BCUT2D eigenvalue weighted by molar-refractivity contribution is 0.00317. The zero-order valence-corrected chi connectivity index (χ0v) is 12.3. The van der Waals surface area contributed by atoms with Crippen LogP contribution < -0.4 is 5.56 Å². The molecule has 2 aromatic rings. The fourth-order valence-electron chi connectivity index (χ4n) is 2.46. The van der Waals surface area contributed by atoms with Gasteiger partial charge in [-0.15, -0.1) is 0 Å². The molecule has 22 heavy (non-hydrogen) atoms. The van der Waals surface area contributed by atoms with E-state index in [4.69, 9.17) is 4.74 Å². The molecule has 1 atom stereocenters. The number of hydrogen-bond donors (Lipinski definition) is 0. The molecule has 0 saturated carbocycles. The van der Waals surface area contributed by atoms with Crippen LogP contribution in [0.3, 0.4) is 0 Å². The Kier molecular flexibility index (Phi) is 4.02. The van der Waals surface area contributed by atoms with Gasteiger partial charge in [0.2, 0.25) is 0 Å². The number of hydrogen-bond acceptors (Lipinski definition) is 4. The highest BCUT2D eigenvalue weighted by atomic mass is 16.5. The van der Waals surface area contributed by atoms with Gasteiger partial charge in [0.25, 0.3) is 11.5 Å². The Balaban J connectivity index is 1.95. The van der Waals surface area contributed by atoms with Crippen molar-refractivity contribution in [2.45, 2.75) is 13.0 Å². The van der Waals surface area contributed by atoms with Crippen LogP contribution in [0.5, 0.6) is 0 Å². The summed E-state index contributed by atoms with van der Waals surface area (Å²) in [7, 11) is 0. The summed E-state index contributed by atoms with van der Waals surface area (Å²) < 4.78 is 6.59. The number of carbonyl (C=O) groups is 1. The Morgan fingerprint density at radius 2 is 2.00 bits per heavy atom. The van der Waals surface area contributed by atoms with Gasteiger partial charge in [0.05, 0.1) is 24.9 Å². The van der Waals surface area contributed by atoms with E-state index >= 15 is 0 Å². The fraction of sp³-hybridized carbons (Fsp3) is 0.312. The maximum atomic E-state index is 12.6. The summed E-state index contributed by atoms with van der Waals surface area (Å²) in [5.41, 5.74) is 0.632. The van der Waals surface area contributed by atoms with E-state index in [0.717, 1.165) is 0 Å². The summed E-state index contributed by atoms with van der Waals surface area (Å²) in [6, 6.07) is 11.9. The Hall–Kier alpha value is -2.47. The predicted molar refractivity (Wildman–Crippen MR) is 81.2 cm³/mol. The minimum Gasteiger partial charge on any atom is -0.377 e. The van der Waals surface area contributed by atoms with Gasteiger partial charge in [-0.2, -0.15) is 9.78 Å². The number of para-hydroxylation sites is 1. The minimum absolute atomic E-state index is 0.000142. The largest absolute Gasteiger partial charge is 0.377 e. The smallest absolute Gasteiger partial charge is 0.274 e. The molecule has 0 spiro atoms. The number of carbonyl (C=O) groups excluding carboxylic acids is 1. The van der Waals surface area contributed by atoms with Crippen LogP contribution >= 0.6 is 0 Å². The number of ether oxygens (including phenoxy) is 1. The Labute approximate surface area is 127 Å². The first-order chi connectivity index (χ1) is 10.7. The third-order valence-corrected chi connectivity index (χ3v) is 3.65. The molecule has 1 saturated heterocycles. The van der Waals surface area contributed by atoms with Crippen molar-refractivity contribution >= 4 is 5.91 Å². The van der Waals surface area contributed by atoms with Crippen LogP contribution in [-0.2, 0) is 4.74 Å². The molecule has 114 valence electrons. The van der Waals surface area contributed by atoms with Crippen molar-refractivity contribution in [1.29, 1.82) is 0 Å². The first kappa shape index (κ1) is 14.5. The first-order valence-corrected chi connectivity index (χ1v) is 7.21. The summed E-state index contributed by atoms with van der Waals surface area (Å²) in [5.74, 6) is -0.180. The second kappa shape index (κ2) is 6.11. The van der Waals surface area contributed by atoms with Gasteiger partial charge in [0, 0.05) is 12.6 Å². The highest BCUT2D eigenvalue weighted by molar-refractivity contribution is 5.92. The van der Waals surface area contributed by atoms with Gasteiger partial charge in [0.1, 0.15) is 5.69 Å². The molecule has 0 bridgehead atoms. The lowest BCUT2D eigenvalue weighted by Crippen LogP contribution is -2.47. The molecule has 2 heterocycles. The van der Waals surface area contributed by atoms with Gasteiger partial charge >= 0.3 is 0 Å². The van der Waals surface area contributed by atoms with E-state index in [1.807, 2.05) is 25.1 Å². The molecule has 1 fully saturated rings. The molecular formula is C16H17N3O3. The van der Waals surface area contributed by atoms with E-state index < -0.39 is 0 Å². The quantitative estimate of drug-likeness (QED) is 0.833. The van der Waals surface area contributed by atoms with E-state index in [2.05, 4.69) is 5.10 Å². The monoisotopic (exact) mass is 299 g/mol. The summed E-state index contributed by atoms with van der Waals surface area (Å²) in [6.45, 7) is 3.51. The third kappa shape index (κ3) is 2.78. The van der Waals surface area contributed by atoms with Gasteiger partial charge in [0.15, 0.2) is 0 Å². The maximum Gasteiger partial charge on any atom is 0.274 e. The van der Waals surface area contributed by atoms with E-state index in [-0.39, 0.29) is 23.2 Å². The topological polar surface area (TPSA) is 64.4 Å². The second-order valence-electron chi connectivity index (χ2n) is 5.23. The molecule has 1 amide bonds. The average molecular weight is 299 g/mol. The lowest BCUT2D eigenvalue weighted by atomic mass is 10.2. The molecule has 6 heteroatoms. The van der Waals surface area contributed by atoms with Crippen molar-refractivity contribution in [1.82, 2.24) is 14.7 Å². The molecule has 0 N–H and O–H groups in total. The van der Waals surface area contributed by atoms with Crippen LogP contribution in [0.4, 0.5) is 0 Å². The minimum atomic E-state index is -0.266. The van der Waals surface area contributed by atoms with E-state index in [1.165, 1.54) is 16.8 Å². The molecular weight excluding hydrogens is 282 g/mol. The molecule has 1 aliphatic heterocycles. The van der Waals surface area contributed by atoms with Crippen LogP contribution in [-0.4, -0.2) is 46.4 Å². The van der Waals surface area contributed by atoms with Crippen molar-refractivity contribution in [3.05, 3.63) is 58.5 Å². The maximum absolute atomic E-state index is 12.6. The Morgan fingerprint density at radius 3 is 2.73 bits per heavy atom. The Morgan fingerprint density at radius 1 is 1.23 bits per heavy atom. The molecule has 1 aromatic carbocycles. The molecule has 1 aromatic heterocycles. The predicted octanol–water partition coefficient (Wildman–Crippen LogP) is 1.09. The van der Waals surface area contributed by atoms with E-state index in [9.17, 15) is 9.59 Å². The van der Waals surface area contributed by atoms with Crippen LogP contribution in [0, 0.1) is 0 Å². The molecule has 1 unspecified atom stereocenters. The molecule has 0 radical (unpaired) electrons. The van der Waals surface area contributed by atoms with Crippen LogP contribution in [0.15, 0.2) is 47.3 Å². The number of benzene rings is 1. The highest BCUT2D eigenvalue weighted by Crippen LogP contribution is 2.11. The first-order valence-electron chi connectivity index (χ1n) is 7.21. The zero-order valence-electron chi connectivity index (χ0n) is 12.3. The third-order valence-electron chi connectivity index (χ3n) is 3.65. The highest BCUT2D eigenvalue weighted by Gasteiger charge is 2.26. The summed E-state index contributed by atoms with van der Waals surface area (Å²) in [5, 5.41) is 4.22. The standard InChI is InChI=1S/C16H17N3O3/c1-12-11-22-10-9-18(12)16(21)14-7-8-15(20)19(17-14)13-5-3-2-4-6-13/h2-8,12H,9-11H2,1H3. The average Bonchev–Trinajstić information content (AvgIpc) is 2.56. The van der Waals surface area contributed by atoms with Crippen LogP contribution in [0.25, 0.3) is 5.69 Å². The van der Waals surface area contributed by atoms with Crippen molar-refractivity contribution in [2.75, 3.05) is 19.8 Å². The molecule has 6 nitrogen and oxygen atoms in total. The number of amides is 1. The van der Waals surface area contributed by atoms with E-state index in [1.54, 1.807) is 17.0 Å². The summed E-state index contributed by atoms with van der Waals surface area (Å²) >= 11 is 0. The number of morpholine rings is 1. The van der Waals surface area contributed by atoms with Crippen molar-refractivity contribution in [2.24, 2.45) is 0 Å². The molecule has 3 rings (SSSR count). The summed E-state index contributed by atoms with van der Waals surface area (Å²) in [6.07, 6.45) is 0. The van der Waals surface area contributed by atoms with Crippen LogP contribution in [0.1, 0.15) is 17.4 Å². The van der Waals surface area contributed by atoms with E-state index in [0.29, 0.717) is 25.4 Å². The van der Waals surface area contributed by atoms with Crippen molar-refractivity contribution < 1.29 is 9.53 Å². The van der Waals surface area contributed by atoms with Gasteiger partial charge in [-0.1, -0.05) is 18.2 Å². The number of rotatable bonds is 2. The molecule has 1 aliphatic rings. The van der Waals surface area contributed by atoms with Crippen LogP contribution in [0.2, 0.25) is 0 Å². The zero-order chi connectivity index (χ0) is 15.5. The van der Waals surface area contributed by atoms with Gasteiger partial charge in [-0.3, -0.25) is 9.59 Å². The van der Waals surface area contributed by atoms with Gasteiger partial charge < -0.3 is 9.64 Å². The second-order valence-corrected chi connectivity index (χ2v) is 5.23. The van der Waals surface area contributed by atoms with Crippen molar-refractivity contribution in [3.63, 3.8) is 0 Å². The fourth-order valence-corrected chi connectivity index (χ4v) is 2.46. The SMILES string of the molecule is CC1COCCN1C(=O)c1ccc(=O)n(-c2ccccc2)n1. The Bertz CT molecular complexity index is 727. The molecule has 0 aliphatic carbocycles. The lowest BCUT2D eigenvalue weighted by Gasteiger charge is -2.33. The van der Waals surface area contributed by atoms with Gasteiger partial charge in [-0.25, -0.2) is 0 Å². The van der Waals surface area contributed by atoms with Crippen molar-refractivity contribution in [3.8, 4) is 5.69 Å². The number of aromatic nitrogens is 2. The van der Waals surface area contributed by atoms with Gasteiger partial charge in [-0.05, 0) is 25.1 Å².